The molecular formula is C49H57N2Na3O11S3. The molecule has 0 saturated heterocycles. The Morgan fingerprint density at radius 3 is 2.15 bits per heavy atom. The third-order valence-corrected chi connectivity index (χ3v) is 15.1. The largest absolute Gasteiger partial charge is 1.00 e. The summed E-state index contributed by atoms with van der Waals surface area (Å²) in [5.74, 6) is -1.77. The van der Waals surface area contributed by atoms with Gasteiger partial charge >= 0.3 is 94.6 Å². The summed E-state index contributed by atoms with van der Waals surface area (Å²) in [6.07, 6.45) is 14.0. The van der Waals surface area contributed by atoms with Crippen molar-refractivity contribution in [1.29, 1.82) is 0 Å². The minimum absolute atomic E-state index is 0. The molecule has 6 rings (SSSR count). The number of nitrogens with zero attached hydrogens (tertiary/aromatic N) is 2. The monoisotopic (exact) mass is 1010 g/mol. The van der Waals surface area contributed by atoms with Crippen molar-refractivity contribution in [3.63, 3.8) is 0 Å². The molecule has 0 bridgehead atoms. The molecule has 350 valence electrons. The smallest absolute Gasteiger partial charge is 0.748 e. The zero-order chi connectivity index (χ0) is 47.4. The molecular weight excluding hydrogens is 958 g/mol. The Bertz CT molecular complexity index is 2830. The van der Waals surface area contributed by atoms with Crippen LogP contribution in [0.15, 0.2) is 107 Å². The second-order valence-electron chi connectivity index (χ2n) is 18.1. The van der Waals surface area contributed by atoms with Gasteiger partial charge in [0.15, 0.2) is 5.71 Å². The van der Waals surface area contributed by atoms with E-state index in [4.69, 9.17) is 0 Å². The van der Waals surface area contributed by atoms with Gasteiger partial charge in [-0.2, -0.15) is 18.2 Å². The SMILES string of the molecule is CC1(C)C(/C=C/C2=C(c3cccc(CCCCC(=O)O)c3)C(=C/C=C3/N(CCCCS(=O)(=O)[O-])c4ccc(S(=O)(=O)[O-])cc4C3(C)C)/CCC2)=[N+](CCCCS(=O)(=O)[O-])c2cc[c-]cc21.[Na+].[Na+].[Na+]. The first kappa shape index (κ1) is 60.6. The second kappa shape index (κ2) is 25.3. The van der Waals surface area contributed by atoms with Gasteiger partial charge < -0.3 is 23.7 Å². The minimum atomic E-state index is -4.76. The van der Waals surface area contributed by atoms with Crippen LogP contribution in [-0.2, 0) is 52.4 Å². The number of aryl methyl sites for hydroxylation is 1. The van der Waals surface area contributed by atoms with Gasteiger partial charge in [-0.3, -0.25) is 4.79 Å². The van der Waals surface area contributed by atoms with E-state index in [1.165, 1.54) is 12.1 Å². The van der Waals surface area contributed by atoms with E-state index >= 15 is 0 Å². The van der Waals surface area contributed by atoms with E-state index in [1.54, 1.807) is 6.07 Å². The van der Waals surface area contributed by atoms with E-state index in [0.717, 1.165) is 69.8 Å². The van der Waals surface area contributed by atoms with E-state index in [0.29, 0.717) is 56.4 Å². The van der Waals surface area contributed by atoms with Crippen molar-refractivity contribution in [2.24, 2.45) is 0 Å². The molecule has 0 saturated carbocycles. The molecule has 1 N–H and O–H groups in total. The van der Waals surface area contributed by atoms with Gasteiger partial charge in [-0.15, -0.1) is 6.07 Å². The van der Waals surface area contributed by atoms with Crippen LogP contribution in [-0.4, -0.2) is 84.9 Å². The van der Waals surface area contributed by atoms with Gasteiger partial charge in [0.2, 0.25) is 0 Å². The van der Waals surface area contributed by atoms with Crippen LogP contribution in [0.3, 0.4) is 0 Å². The third-order valence-electron chi connectivity index (χ3n) is 12.7. The van der Waals surface area contributed by atoms with E-state index in [9.17, 15) is 48.8 Å². The fraction of sp³-hybridized carbons (Fsp3) is 0.429. The van der Waals surface area contributed by atoms with Gasteiger partial charge in [0.25, 0.3) is 0 Å². The van der Waals surface area contributed by atoms with Crippen LogP contribution in [0.25, 0.3) is 5.57 Å². The number of carboxylic acids is 1. The maximum Gasteiger partial charge on any atom is 1.00 e. The van der Waals surface area contributed by atoms with Crippen LogP contribution < -0.4 is 93.6 Å². The average molecular weight is 1020 g/mol. The molecule has 2 aliphatic heterocycles. The summed E-state index contributed by atoms with van der Waals surface area (Å²) in [4.78, 5) is 12.9. The number of benzene rings is 3. The number of rotatable bonds is 20. The Balaban J connectivity index is 0.00000408. The maximum absolute atomic E-state index is 12.2. The zero-order valence-corrected chi connectivity index (χ0v) is 48.8. The molecule has 0 aromatic heterocycles. The first-order valence-electron chi connectivity index (χ1n) is 22.0. The van der Waals surface area contributed by atoms with Crippen molar-refractivity contribution in [2.75, 3.05) is 29.5 Å². The fourth-order valence-electron chi connectivity index (χ4n) is 9.43. The number of carboxylic acid groups (broad SMARTS) is 1. The van der Waals surface area contributed by atoms with Gasteiger partial charge in [-0.1, -0.05) is 69.7 Å². The Morgan fingerprint density at radius 1 is 0.794 bits per heavy atom. The minimum Gasteiger partial charge on any atom is -0.748 e. The van der Waals surface area contributed by atoms with Crippen LogP contribution >= 0.6 is 0 Å². The van der Waals surface area contributed by atoms with Gasteiger partial charge in [0.1, 0.15) is 22.4 Å². The molecule has 0 atom stereocenters. The van der Waals surface area contributed by atoms with Crippen molar-refractivity contribution in [1.82, 2.24) is 0 Å². The molecule has 0 amide bonds. The normalized spacial score (nSPS) is 17.8. The topological polar surface area (TPSA) is 215 Å². The molecule has 0 spiro atoms. The third kappa shape index (κ3) is 15.4. The second-order valence-corrected chi connectivity index (χ2v) is 22.5. The summed E-state index contributed by atoms with van der Waals surface area (Å²) in [5.41, 5.74) is 9.21. The molecule has 3 aliphatic rings. The van der Waals surface area contributed by atoms with E-state index in [1.807, 2.05) is 55.2 Å². The predicted octanol–water partition coefficient (Wildman–Crippen LogP) is -0.971. The Labute approximate surface area is 469 Å². The van der Waals surface area contributed by atoms with Gasteiger partial charge in [0.05, 0.1) is 25.1 Å². The first-order valence-corrected chi connectivity index (χ1v) is 26.6. The molecule has 0 radical (unpaired) electrons. The van der Waals surface area contributed by atoms with Crippen molar-refractivity contribution < 1.29 is 142 Å². The Morgan fingerprint density at radius 2 is 1.49 bits per heavy atom. The molecule has 0 unspecified atom stereocenters. The molecule has 68 heavy (non-hydrogen) atoms. The van der Waals surface area contributed by atoms with Crippen LogP contribution in [0.1, 0.15) is 114 Å². The average Bonchev–Trinajstić information content (AvgIpc) is 3.57. The van der Waals surface area contributed by atoms with E-state index < -0.39 is 58.7 Å². The first-order chi connectivity index (χ1) is 30.5. The summed E-state index contributed by atoms with van der Waals surface area (Å²) >= 11 is 0. The predicted molar refractivity (Wildman–Crippen MR) is 248 cm³/mol. The number of fused-ring (bicyclic) bond motifs is 2. The molecule has 1 aliphatic carbocycles. The summed E-state index contributed by atoms with van der Waals surface area (Å²) in [6, 6.07) is 21.6. The molecule has 13 nitrogen and oxygen atoms in total. The maximum atomic E-state index is 12.2. The van der Waals surface area contributed by atoms with E-state index in [-0.39, 0.29) is 113 Å². The molecule has 0 fully saturated rings. The summed E-state index contributed by atoms with van der Waals surface area (Å²) in [7, 11) is -13.5. The van der Waals surface area contributed by atoms with Gasteiger partial charge in [0, 0.05) is 59.2 Å². The summed E-state index contributed by atoms with van der Waals surface area (Å²) in [6.45, 7) is 9.02. The Kier molecular flexibility index (Phi) is 22.5. The number of hydrogen-bond donors (Lipinski definition) is 1. The van der Waals surface area contributed by atoms with Gasteiger partial charge in [-0.25, -0.2) is 29.8 Å². The number of aliphatic carboxylic acids is 1. The Hall–Kier alpha value is -1.71. The van der Waals surface area contributed by atoms with Crippen molar-refractivity contribution in [2.45, 2.75) is 114 Å². The summed E-state index contributed by atoms with van der Waals surface area (Å²) in [5, 5.41) is 9.22. The molecule has 3 aromatic carbocycles. The van der Waals surface area contributed by atoms with Crippen LogP contribution in [0.4, 0.5) is 11.4 Å². The number of hydrogen-bond acceptors (Lipinski definition) is 11. The summed E-state index contributed by atoms with van der Waals surface area (Å²) < 4.78 is 107. The van der Waals surface area contributed by atoms with Crippen LogP contribution in [0, 0.1) is 6.07 Å². The molecule has 19 heteroatoms. The number of carbonyl (C=O) groups is 1. The van der Waals surface area contributed by atoms with Crippen molar-refractivity contribution in [3.05, 3.63) is 130 Å². The van der Waals surface area contributed by atoms with Gasteiger partial charge in [-0.05, 0) is 115 Å². The standard InChI is InChI=1S/C49H60N2O11S3.3Na/c1-48(2)40-20-6-7-21-42(40)50(29-9-11-31-63(54,55)56)44(48)27-23-36-17-14-18-37(47(36)38-19-13-16-35(33-38)15-5-8-22-46(52)53)24-28-45-49(3,4)41-34-39(65(60,61)62)25-26-43(41)51(45)30-10-12-32-64(57,58)59;;;/h7,13,16,19-21,23-28,33-34H,5,8-12,14-15,17-18,22,29-32H2,1-4H3,(H,52,53)(H,54,55,56)(H,57,58,59)(H,60,61,62);;;/q;3*+1/p-3. The zero-order valence-electron chi connectivity index (χ0n) is 40.3. The number of allylic oxidation sites excluding steroid dienone is 8. The molecule has 2 heterocycles. The van der Waals surface area contributed by atoms with Crippen molar-refractivity contribution >= 4 is 59.0 Å². The number of anilines is 1. The van der Waals surface area contributed by atoms with E-state index in [2.05, 4.69) is 54.9 Å². The number of unbranched alkanes of at least 4 members (excludes halogenated alkanes) is 3. The fourth-order valence-corrected chi connectivity index (χ4v) is 11.0. The molecule has 3 aromatic rings. The van der Waals surface area contributed by atoms with Crippen LogP contribution in [0.5, 0.6) is 0 Å². The van der Waals surface area contributed by atoms with Crippen LogP contribution in [0.2, 0.25) is 0 Å². The quantitative estimate of drug-likeness (QED) is 0.0476. The van der Waals surface area contributed by atoms with Crippen molar-refractivity contribution in [3.8, 4) is 0 Å².